The van der Waals surface area contributed by atoms with Crippen molar-refractivity contribution in [2.24, 2.45) is 0 Å². The molecule has 1 heterocycles. The summed E-state index contributed by atoms with van der Waals surface area (Å²) in [6.45, 7) is 0. The normalized spacial score (nSPS) is 11.4. The number of benzene rings is 1. The molecular formula is C16H18ClN3O4S2. The summed E-state index contributed by atoms with van der Waals surface area (Å²) in [7, 11) is 0.881. The largest absolute Gasteiger partial charge is 0.495 e. The van der Waals surface area contributed by atoms with Crippen LogP contribution in [0.4, 0.5) is 5.69 Å². The van der Waals surface area contributed by atoms with Gasteiger partial charge in [0.2, 0.25) is 15.9 Å². The number of anilines is 1. The van der Waals surface area contributed by atoms with Gasteiger partial charge in [0.15, 0.2) is 0 Å². The highest BCUT2D eigenvalue weighted by Crippen LogP contribution is 2.28. The van der Waals surface area contributed by atoms with Gasteiger partial charge in [0, 0.05) is 25.3 Å². The van der Waals surface area contributed by atoms with Gasteiger partial charge in [0.25, 0.3) is 0 Å². The molecule has 0 atom stereocenters. The number of amides is 1. The molecule has 10 heteroatoms. The second kappa shape index (κ2) is 8.72. The quantitative estimate of drug-likeness (QED) is 0.699. The Bertz CT molecular complexity index is 887. The monoisotopic (exact) mass is 415 g/mol. The first-order chi connectivity index (χ1) is 12.2. The maximum absolute atomic E-state index is 12.1. The summed E-state index contributed by atoms with van der Waals surface area (Å²) in [6, 6.07) is 7.95. The minimum atomic E-state index is -3.52. The van der Waals surface area contributed by atoms with E-state index in [4.69, 9.17) is 16.3 Å². The molecule has 0 spiro atoms. The van der Waals surface area contributed by atoms with E-state index in [9.17, 15) is 13.2 Å². The van der Waals surface area contributed by atoms with Gasteiger partial charge < -0.3 is 10.1 Å². The number of carbonyl (C=O) groups is 1. The first-order valence-corrected chi connectivity index (χ1v) is 10.2. The molecule has 26 heavy (non-hydrogen) atoms. The Morgan fingerprint density at radius 1 is 1.31 bits per heavy atom. The topological polar surface area (TPSA) is 88.6 Å². The van der Waals surface area contributed by atoms with Crippen molar-refractivity contribution in [3.8, 4) is 5.75 Å². The molecule has 0 unspecified atom stereocenters. The molecule has 1 aromatic carbocycles. The third-order valence-corrected chi connectivity index (χ3v) is 6.25. The predicted octanol–water partition coefficient (Wildman–Crippen LogP) is 2.72. The van der Waals surface area contributed by atoms with E-state index in [-0.39, 0.29) is 16.6 Å². The molecule has 0 saturated carbocycles. The third-order valence-electron chi connectivity index (χ3n) is 3.27. The van der Waals surface area contributed by atoms with Crippen molar-refractivity contribution in [3.63, 3.8) is 0 Å². The van der Waals surface area contributed by atoms with E-state index in [1.165, 1.54) is 45.2 Å². The summed E-state index contributed by atoms with van der Waals surface area (Å²) in [5, 5.41) is 3.74. The van der Waals surface area contributed by atoms with Crippen molar-refractivity contribution in [2.45, 2.75) is 9.92 Å². The Balaban J connectivity index is 1.99. The molecule has 2 aromatic rings. The summed E-state index contributed by atoms with van der Waals surface area (Å²) >= 11 is 7.12. The molecule has 1 amide bonds. The Labute approximate surface area is 161 Å². The summed E-state index contributed by atoms with van der Waals surface area (Å²) in [4.78, 5) is 16.3. The van der Waals surface area contributed by atoms with Gasteiger partial charge in [-0.1, -0.05) is 23.4 Å². The molecule has 0 radical (unpaired) electrons. The minimum Gasteiger partial charge on any atom is -0.495 e. The predicted molar refractivity (Wildman–Crippen MR) is 102 cm³/mol. The van der Waals surface area contributed by atoms with Gasteiger partial charge in [0.1, 0.15) is 10.6 Å². The fourth-order valence-electron chi connectivity index (χ4n) is 1.92. The number of rotatable bonds is 7. The smallest absolute Gasteiger partial charge is 0.244 e. The zero-order chi connectivity index (χ0) is 19.3. The molecule has 1 aromatic heterocycles. The van der Waals surface area contributed by atoms with Crippen LogP contribution in [0.3, 0.4) is 0 Å². The van der Waals surface area contributed by atoms with Crippen molar-refractivity contribution < 1.29 is 17.9 Å². The third kappa shape index (κ3) is 5.10. The van der Waals surface area contributed by atoms with Gasteiger partial charge in [-0.25, -0.2) is 17.7 Å². The maximum Gasteiger partial charge on any atom is 0.244 e. The Kier molecular flexibility index (Phi) is 6.87. The number of hydrogen-bond acceptors (Lipinski definition) is 6. The van der Waals surface area contributed by atoms with E-state index in [1.54, 1.807) is 24.3 Å². The van der Waals surface area contributed by atoms with Crippen LogP contribution in [0.25, 0.3) is 0 Å². The molecule has 2 rings (SSSR count). The average molecular weight is 416 g/mol. The summed E-state index contributed by atoms with van der Waals surface area (Å²) in [6.07, 6.45) is 1.27. The van der Waals surface area contributed by atoms with Crippen LogP contribution in [0.15, 0.2) is 46.5 Å². The number of aromatic nitrogens is 1. The van der Waals surface area contributed by atoms with Crippen LogP contribution >= 0.6 is 23.4 Å². The number of carbonyl (C=O) groups excluding carboxylic acids is 1. The second-order valence-electron chi connectivity index (χ2n) is 5.30. The lowest BCUT2D eigenvalue weighted by atomic mass is 10.3. The van der Waals surface area contributed by atoms with Gasteiger partial charge in [0.05, 0.1) is 23.6 Å². The Hall–Kier alpha value is -1.81. The molecule has 140 valence electrons. The van der Waals surface area contributed by atoms with Gasteiger partial charge >= 0.3 is 0 Å². The average Bonchev–Trinajstić information content (AvgIpc) is 2.60. The fraction of sp³-hybridized carbons (Fsp3) is 0.250. The standard InChI is InChI=1S/C16H18ClN3O4S2/c1-20(2)26(22,23)12-5-7-16(18-9-12)25-10-15(21)19-13-8-11(17)4-6-14(13)24-3/h4-9H,10H2,1-3H3,(H,19,21). The molecule has 0 saturated heterocycles. The molecule has 0 bridgehead atoms. The number of nitrogens with zero attached hydrogens (tertiary/aromatic N) is 2. The molecule has 1 N–H and O–H groups in total. The van der Waals surface area contributed by atoms with Gasteiger partial charge in [-0.05, 0) is 30.3 Å². The highest BCUT2D eigenvalue weighted by molar-refractivity contribution is 7.99. The van der Waals surface area contributed by atoms with E-state index in [2.05, 4.69) is 10.3 Å². The van der Waals surface area contributed by atoms with Gasteiger partial charge in [-0.15, -0.1) is 0 Å². The van der Waals surface area contributed by atoms with Gasteiger partial charge in [-0.2, -0.15) is 0 Å². The highest BCUT2D eigenvalue weighted by Gasteiger charge is 2.17. The molecule has 7 nitrogen and oxygen atoms in total. The van der Waals surface area contributed by atoms with E-state index < -0.39 is 10.0 Å². The van der Waals surface area contributed by atoms with Crippen LogP contribution in [0.1, 0.15) is 0 Å². The first-order valence-electron chi connectivity index (χ1n) is 7.39. The summed E-state index contributed by atoms with van der Waals surface area (Å²) in [5.41, 5.74) is 0.478. The summed E-state index contributed by atoms with van der Waals surface area (Å²) in [5.74, 6) is 0.342. The zero-order valence-corrected chi connectivity index (χ0v) is 16.8. The minimum absolute atomic E-state index is 0.0972. The van der Waals surface area contributed by atoms with Crippen LogP contribution < -0.4 is 10.1 Å². The fourth-order valence-corrected chi connectivity index (χ4v) is 3.58. The first kappa shape index (κ1) is 20.5. The molecule has 0 aliphatic rings. The maximum atomic E-state index is 12.1. The SMILES string of the molecule is COc1ccc(Cl)cc1NC(=O)CSc1ccc(S(=O)(=O)N(C)C)cn1. The lowest BCUT2D eigenvalue weighted by molar-refractivity contribution is -0.113. The number of thioether (sulfide) groups is 1. The van der Waals surface area contributed by atoms with E-state index >= 15 is 0 Å². The van der Waals surface area contributed by atoms with Crippen molar-refractivity contribution in [2.75, 3.05) is 32.3 Å². The number of nitrogens with one attached hydrogen (secondary N) is 1. The number of ether oxygens (including phenoxy) is 1. The lowest BCUT2D eigenvalue weighted by Crippen LogP contribution is -2.22. The van der Waals surface area contributed by atoms with Crippen molar-refractivity contribution in [3.05, 3.63) is 41.6 Å². The highest BCUT2D eigenvalue weighted by atomic mass is 35.5. The number of methoxy groups -OCH3 is 1. The second-order valence-corrected chi connectivity index (χ2v) is 8.88. The van der Waals surface area contributed by atoms with Crippen molar-refractivity contribution in [1.29, 1.82) is 0 Å². The Morgan fingerprint density at radius 2 is 2.04 bits per heavy atom. The van der Waals surface area contributed by atoms with Crippen LogP contribution in [-0.2, 0) is 14.8 Å². The summed E-state index contributed by atoms with van der Waals surface area (Å²) < 4.78 is 30.3. The van der Waals surface area contributed by atoms with Gasteiger partial charge in [-0.3, -0.25) is 4.79 Å². The lowest BCUT2D eigenvalue weighted by Gasteiger charge is -2.11. The van der Waals surface area contributed by atoms with Crippen LogP contribution in [0.2, 0.25) is 5.02 Å². The number of hydrogen-bond donors (Lipinski definition) is 1. The van der Waals surface area contributed by atoms with E-state index in [0.717, 1.165) is 4.31 Å². The number of sulfonamides is 1. The van der Waals surface area contributed by atoms with E-state index in [0.29, 0.717) is 21.5 Å². The number of pyridine rings is 1. The Morgan fingerprint density at radius 3 is 2.62 bits per heavy atom. The van der Waals surface area contributed by atoms with E-state index in [1.807, 2.05) is 0 Å². The van der Waals surface area contributed by atoms with Crippen LogP contribution in [0, 0.1) is 0 Å². The molecule has 0 aliphatic carbocycles. The van der Waals surface area contributed by atoms with Crippen molar-refractivity contribution >= 4 is 45.0 Å². The zero-order valence-electron chi connectivity index (χ0n) is 14.4. The van der Waals surface area contributed by atoms with Crippen LogP contribution in [-0.4, -0.2) is 50.6 Å². The van der Waals surface area contributed by atoms with Crippen molar-refractivity contribution in [1.82, 2.24) is 9.29 Å². The number of halogens is 1. The van der Waals surface area contributed by atoms with Crippen LogP contribution in [0.5, 0.6) is 5.75 Å². The molecular weight excluding hydrogens is 398 g/mol. The molecule has 0 fully saturated rings. The molecule has 0 aliphatic heterocycles.